The molecule has 1 amide bonds. The number of benzene rings is 2. The second kappa shape index (κ2) is 4.00. The summed E-state index contributed by atoms with van der Waals surface area (Å²) in [4.78, 5) is 23.6. The fraction of sp³-hybridized carbons (Fsp3) is 0. The van der Waals surface area contributed by atoms with Gasteiger partial charge in [0.15, 0.2) is 0 Å². The Labute approximate surface area is 104 Å². The Balaban J connectivity index is 1.99. The summed E-state index contributed by atoms with van der Waals surface area (Å²) in [5, 5.41) is 1.28. The first-order valence-electron chi connectivity index (χ1n) is 5.57. The molecule has 0 spiro atoms. The second-order valence-electron chi connectivity index (χ2n) is 3.96. The number of ketones is 1. The van der Waals surface area contributed by atoms with E-state index in [0.717, 1.165) is 5.69 Å². The molecule has 0 saturated carbocycles. The molecular formula is C14H10N2O2. The molecule has 0 fully saturated rings. The van der Waals surface area contributed by atoms with Crippen molar-refractivity contribution in [2.24, 2.45) is 0 Å². The molecule has 2 aromatic rings. The van der Waals surface area contributed by atoms with Crippen LogP contribution in [-0.2, 0) is 4.79 Å². The van der Waals surface area contributed by atoms with Crippen molar-refractivity contribution in [1.82, 2.24) is 0 Å². The van der Waals surface area contributed by atoms with Crippen molar-refractivity contribution in [2.75, 3.05) is 10.4 Å². The number of fused-ring (bicyclic) bond motifs is 1. The Hall–Kier alpha value is -2.62. The topological polar surface area (TPSA) is 49.4 Å². The number of carbonyl (C=O) groups is 2. The van der Waals surface area contributed by atoms with Gasteiger partial charge in [-0.3, -0.25) is 15.0 Å². The molecule has 0 atom stereocenters. The van der Waals surface area contributed by atoms with Crippen LogP contribution in [0.2, 0.25) is 0 Å². The number of amides is 1. The predicted octanol–water partition coefficient (Wildman–Crippen LogP) is 2.24. The zero-order valence-corrected chi connectivity index (χ0v) is 9.46. The van der Waals surface area contributed by atoms with E-state index in [2.05, 4.69) is 5.43 Å². The van der Waals surface area contributed by atoms with Crippen LogP contribution < -0.4 is 10.4 Å². The summed E-state index contributed by atoms with van der Waals surface area (Å²) < 4.78 is 0. The van der Waals surface area contributed by atoms with Gasteiger partial charge in [0.1, 0.15) is 0 Å². The van der Waals surface area contributed by atoms with Gasteiger partial charge in [0.05, 0.1) is 16.9 Å². The fourth-order valence-electron chi connectivity index (χ4n) is 1.94. The Kier molecular flexibility index (Phi) is 2.34. The zero-order valence-electron chi connectivity index (χ0n) is 9.46. The van der Waals surface area contributed by atoms with Gasteiger partial charge in [-0.15, -0.1) is 0 Å². The number of para-hydroxylation sites is 2. The molecule has 2 aromatic carbocycles. The third-order valence-electron chi connectivity index (χ3n) is 2.80. The molecule has 0 bridgehead atoms. The van der Waals surface area contributed by atoms with Gasteiger partial charge in [0.2, 0.25) is 0 Å². The largest absolute Gasteiger partial charge is 0.318 e. The molecule has 0 radical (unpaired) electrons. The van der Waals surface area contributed by atoms with Gasteiger partial charge < -0.3 is 0 Å². The number of carbonyl (C=O) groups excluding carboxylic acids is 2. The van der Waals surface area contributed by atoms with E-state index in [1.807, 2.05) is 30.3 Å². The van der Waals surface area contributed by atoms with Crippen molar-refractivity contribution < 1.29 is 9.59 Å². The minimum Gasteiger partial charge on any atom is -0.291 e. The number of Topliss-reactive ketones (excluding diaryl/α,β-unsaturated/α-hetero) is 1. The van der Waals surface area contributed by atoms with Gasteiger partial charge >= 0.3 is 5.91 Å². The summed E-state index contributed by atoms with van der Waals surface area (Å²) in [6.07, 6.45) is 0. The Bertz CT molecular complexity index is 623. The van der Waals surface area contributed by atoms with Gasteiger partial charge in [-0.25, -0.2) is 5.01 Å². The van der Waals surface area contributed by atoms with E-state index >= 15 is 0 Å². The molecule has 0 unspecified atom stereocenters. The van der Waals surface area contributed by atoms with Crippen molar-refractivity contribution in [3.05, 3.63) is 60.2 Å². The lowest BCUT2D eigenvalue weighted by molar-refractivity contribution is -0.114. The highest BCUT2D eigenvalue weighted by atomic mass is 16.2. The van der Waals surface area contributed by atoms with E-state index in [1.54, 1.807) is 24.3 Å². The van der Waals surface area contributed by atoms with Crippen LogP contribution in [0.25, 0.3) is 0 Å². The number of nitrogens with zero attached hydrogens (tertiary/aromatic N) is 1. The molecule has 88 valence electrons. The zero-order chi connectivity index (χ0) is 12.5. The van der Waals surface area contributed by atoms with Crippen molar-refractivity contribution >= 4 is 23.1 Å². The van der Waals surface area contributed by atoms with Crippen LogP contribution in [0.1, 0.15) is 10.4 Å². The Morgan fingerprint density at radius 2 is 1.50 bits per heavy atom. The highest BCUT2D eigenvalue weighted by Crippen LogP contribution is 2.28. The van der Waals surface area contributed by atoms with E-state index in [1.165, 1.54) is 5.01 Å². The molecule has 0 aliphatic carbocycles. The van der Waals surface area contributed by atoms with Crippen molar-refractivity contribution in [1.29, 1.82) is 0 Å². The first-order chi connectivity index (χ1) is 8.77. The van der Waals surface area contributed by atoms with Gasteiger partial charge in [0, 0.05) is 0 Å². The van der Waals surface area contributed by atoms with Crippen LogP contribution in [0.3, 0.4) is 0 Å². The van der Waals surface area contributed by atoms with Gasteiger partial charge in [-0.1, -0.05) is 30.3 Å². The lowest BCUT2D eigenvalue weighted by Crippen LogP contribution is -2.35. The minimum absolute atomic E-state index is 0.436. The third-order valence-corrected chi connectivity index (χ3v) is 2.80. The highest BCUT2D eigenvalue weighted by Gasteiger charge is 2.35. The van der Waals surface area contributed by atoms with Gasteiger partial charge in [-0.05, 0) is 24.3 Å². The SMILES string of the molecule is O=C1C(=O)N(Nc2ccccc2)c2ccccc21. The van der Waals surface area contributed by atoms with Crippen LogP contribution >= 0.6 is 0 Å². The number of rotatable bonds is 2. The lowest BCUT2D eigenvalue weighted by Gasteiger charge is -2.18. The summed E-state index contributed by atoms with van der Waals surface area (Å²) in [6.45, 7) is 0. The Morgan fingerprint density at radius 1 is 0.833 bits per heavy atom. The van der Waals surface area contributed by atoms with Crippen LogP contribution in [0.4, 0.5) is 11.4 Å². The first-order valence-corrected chi connectivity index (χ1v) is 5.57. The summed E-state index contributed by atoms with van der Waals surface area (Å²) in [7, 11) is 0. The minimum atomic E-state index is -0.556. The van der Waals surface area contributed by atoms with Crippen LogP contribution in [-0.4, -0.2) is 11.7 Å². The molecule has 18 heavy (non-hydrogen) atoms. The highest BCUT2D eigenvalue weighted by molar-refractivity contribution is 6.52. The number of hydrogen-bond donors (Lipinski definition) is 1. The van der Waals surface area contributed by atoms with E-state index < -0.39 is 11.7 Å². The molecule has 3 rings (SSSR count). The monoisotopic (exact) mass is 238 g/mol. The van der Waals surface area contributed by atoms with E-state index in [4.69, 9.17) is 0 Å². The molecule has 4 heteroatoms. The normalized spacial score (nSPS) is 13.7. The first kappa shape index (κ1) is 10.5. The Morgan fingerprint density at radius 3 is 2.28 bits per heavy atom. The smallest absolute Gasteiger partial charge is 0.291 e. The van der Waals surface area contributed by atoms with E-state index in [-0.39, 0.29) is 0 Å². The van der Waals surface area contributed by atoms with E-state index in [9.17, 15) is 9.59 Å². The van der Waals surface area contributed by atoms with Crippen molar-refractivity contribution in [2.45, 2.75) is 0 Å². The summed E-state index contributed by atoms with van der Waals surface area (Å²) in [5.41, 5.74) is 4.73. The van der Waals surface area contributed by atoms with Crippen LogP contribution in [0, 0.1) is 0 Å². The molecular weight excluding hydrogens is 228 g/mol. The van der Waals surface area contributed by atoms with Gasteiger partial charge in [0.25, 0.3) is 5.78 Å². The van der Waals surface area contributed by atoms with Gasteiger partial charge in [-0.2, -0.15) is 0 Å². The van der Waals surface area contributed by atoms with Crippen molar-refractivity contribution in [3.63, 3.8) is 0 Å². The second-order valence-corrected chi connectivity index (χ2v) is 3.96. The van der Waals surface area contributed by atoms with Crippen molar-refractivity contribution in [3.8, 4) is 0 Å². The average molecular weight is 238 g/mol. The average Bonchev–Trinajstić information content (AvgIpc) is 2.66. The maximum atomic E-state index is 11.9. The third kappa shape index (κ3) is 1.55. The number of hydrogen-bond acceptors (Lipinski definition) is 3. The lowest BCUT2D eigenvalue weighted by atomic mass is 10.1. The molecule has 4 nitrogen and oxygen atoms in total. The summed E-state index contributed by atoms with van der Waals surface area (Å²) in [5.74, 6) is -1.03. The maximum Gasteiger partial charge on any atom is 0.318 e. The number of hydrazine groups is 1. The standard InChI is InChI=1S/C14H10N2O2/c17-13-11-8-4-5-9-12(11)16(14(13)18)15-10-6-2-1-3-7-10/h1-9,15H. The summed E-state index contributed by atoms with van der Waals surface area (Å²) >= 11 is 0. The fourth-order valence-corrected chi connectivity index (χ4v) is 1.94. The molecule has 1 aliphatic heterocycles. The molecule has 1 N–H and O–H groups in total. The molecule has 0 saturated heterocycles. The quantitative estimate of drug-likeness (QED) is 0.816. The van der Waals surface area contributed by atoms with Crippen LogP contribution in [0.5, 0.6) is 0 Å². The molecule has 1 aliphatic rings. The van der Waals surface area contributed by atoms with E-state index in [0.29, 0.717) is 11.3 Å². The number of anilines is 2. The predicted molar refractivity (Wildman–Crippen MR) is 68.3 cm³/mol. The summed E-state index contributed by atoms with van der Waals surface area (Å²) in [6, 6.07) is 16.2. The molecule has 1 heterocycles. The molecule has 0 aromatic heterocycles. The number of nitrogens with one attached hydrogen (secondary N) is 1. The maximum absolute atomic E-state index is 11.9. The van der Waals surface area contributed by atoms with Crippen LogP contribution in [0.15, 0.2) is 54.6 Å².